The molecule has 1 aliphatic carbocycles. The van der Waals surface area contributed by atoms with Crippen molar-refractivity contribution in [2.24, 2.45) is 5.92 Å². The predicted octanol–water partition coefficient (Wildman–Crippen LogP) is 3.19. The van der Waals surface area contributed by atoms with E-state index >= 15 is 0 Å². The first-order valence-electron chi connectivity index (χ1n) is 8.65. The van der Waals surface area contributed by atoms with Crippen LogP contribution in [-0.4, -0.2) is 39.0 Å². The molecule has 132 valence electrons. The number of thiophene rings is 1. The fourth-order valence-electron chi connectivity index (χ4n) is 4.19. The van der Waals surface area contributed by atoms with Crippen LogP contribution in [-0.2, 0) is 16.0 Å². The van der Waals surface area contributed by atoms with E-state index in [1.807, 2.05) is 17.5 Å². The molecule has 3 atom stereocenters. The second-order valence-electron chi connectivity index (χ2n) is 6.80. The van der Waals surface area contributed by atoms with Crippen LogP contribution in [0.3, 0.4) is 0 Å². The lowest BCUT2D eigenvalue weighted by molar-refractivity contribution is -0.149. The molecule has 1 amide bonds. The van der Waals surface area contributed by atoms with Crippen LogP contribution >= 0.6 is 11.3 Å². The molecule has 0 bridgehead atoms. The van der Waals surface area contributed by atoms with Crippen LogP contribution in [0.15, 0.2) is 28.2 Å². The summed E-state index contributed by atoms with van der Waals surface area (Å²) in [5.74, 6) is -0.239. The monoisotopic (exact) mass is 360 g/mol. The van der Waals surface area contributed by atoms with Crippen LogP contribution in [0.4, 0.5) is 0 Å². The standard InChI is InChI=1S/C18H20N2O4S/c21-16(9-12-10-24-17(19-12)15-6-3-7-25-15)20-13-5-2-1-4-11(13)8-14(20)18(22)23/h3,6-7,10-11,13-14H,1-2,4-5,8-9H2,(H,22,23)/t11-,13+,14-/m0/s1. The van der Waals surface area contributed by atoms with Gasteiger partial charge in [-0.2, -0.15) is 0 Å². The third kappa shape index (κ3) is 3.08. The molecule has 0 spiro atoms. The van der Waals surface area contributed by atoms with Crippen molar-refractivity contribution in [2.75, 3.05) is 0 Å². The Hall–Kier alpha value is -2.15. The summed E-state index contributed by atoms with van der Waals surface area (Å²) < 4.78 is 5.47. The number of hydrogen-bond donors (Lipinski definition) is 1. The van der Waals surface area contributed by atoms with Crippen LogP contribution in [0, 0.1) is 5.92 Å². The predicted molar refractivity (Wildman–Crippen MR) is 92.2 cm³/mol. The summed E-state index contributed by atoms with van der Waals surface area (Å²) in [4.78, 5) is 31.4. The van der Waals surface area contributed by atoms with Gasteiger partial charge in [-0.1, -0.05) is 18.9 Å². The first kappa shape index (κ1) is 16.3. The molecule has 0 radical (unpaired) electrons. The smallest absolute Gasteiger partial charge is 0.326 e. The highest BCUT2D eigenvalue weighted by atomic mass is 32.1. The van der Waals surface area contributed by atoms with E-state index in [4.69, 9.17) is 4.42 Å². The fourth-order valence-corrected chi connectivity index (χ4v) is 4.84. The van der Waals surface area contributed by atoms with Gasteiger partial charge in [0.2, 0.25) is 11.8 Å². The van der Waals surface area contributed by atoms with Crippen molar-refractivity contribution >= 4 is 23.2 Å². The number of fused-ring (bicyclic) bond motifs is 1. The number of rotatable bonds is 4. The number of hydrogen-bond acceptors (Lipinski definition) is 5. The van der Waals surface area contributed by atoms with Gasteiger partial charge in [-0.15, -0.1) is 11.3 Å². The normalized spacial score (nSPS) is 25.8. The molecule has 0 unspecified atom stereocenters. The molecule has 1 aliphatic heterocycles. The molecule has 1 N–H and O–H groups in total. The minimum Gasteiger partial charge on any atom is -0.480 e. The summed E-state index contributed by atoms with van der Waals surface area (Å²) in [6, 6.07) is 3.19. The van der Waals surface area contributed by atoms with Crippen LogP contribution in [0.5, 0.6) is 0 Å². The molecule has 2 fully saturated rings. The van der Waals surface area contributed by atoms with Crippen molar-refractivity contribution in [1.29, 1.82) is 0 Å². The average Bonchev–Trinajstić information content (AvgIpc) is 3.33. The zero-order chi connectivity index (χ0) is 17.4. The van der Waals surface area contributed by atoms with E-state index in [2.05, 4.69) is 4.98 Å². The molecular formula is C18H20N2O4S. The van der Waals surface area contributed by atoms with Gasteiger partial charge < -0.3 is 14.4 Å². The van der Waals surface area contributed by atoms with Crippen LogP contribution < -0.4 is 0 Å². The number of carboxylic acids is 1. The molecule has 25 heavy (non-hydrogen) atoms. The highest BCUT2D eigenvalue weighted by molar-refractivity contribution is 7.13. The maximum absolute atomic E-state index is 12.9. The molecule has 0 aromatic carbocycles. The highest BCUT2D eigenvalue weighted by Crippen LogP contribution is 2.40. The number of carbonyl (C=O) groups excluding carboxylic acids is 1. The van der Waals surface area contributed by atoms with Crippen molar-refractivity contribution < 1.29 is 19.1 Å². The molecule has 1 saturated heterocycles. The first-order chi connectivity index (χ1) is 12.1. The Labute approximate surface area is 149 Å². The van der Waals surface area contributed by atoms with Gasteiger partial charge in [0.15, 0.2) is 0 Å². The molecule has 1 saturated carbocycles. The van der Waals surface area contributed by atoms with Gasteiger partial charge in [-0.05, 0) is 36.6 Å². The van der Waals surface area contributed by atoms with Gasteiger partial charge in [-0.3, -0.25) is 4.79 Å². The Morgan fingerprint density at radius 3 is 2.96 bits per heavy atom. The van der Waals surface area contributed by atoms with Crippen molar-refractivity contribution in [3.05, 3.63) is 29.5 Å². The topological polar surface area (TPSA) is 83.6 Å². The second-order valence-corrected chi connectivity index (χ2v) is 7.75. The zero-order valence-corrected chi connectivity index (χ0v) is 14.6. The summed E-state index contributed by atoms with van der Waals surface area (Å²) in [6.07, 6.45) is 6.26. The molecule has 2 aliphatic rings. The number of aliphatic carboxylic acids is 1. The van der Waals surface area contributed by atoms with Crippen molar-refractivity contribution in [1.82, 2.24) is 9.88 Å². The molecule has 2 aromatic rings. The van der Waals surface area contributed by atoms with Crippen LogP contribution in [0.2, 0.25) is 0 Å². The van der Waals surface area contributed by atoms with E-state index in [1.54, 1.807) is 4.90 Å². The van der Waals surface area contributed by atoms with Gasteiger partial charge in [-0.25, -0.2) is 9.78 Å². The molecule has 7 heteroatoms. The van der Waals surface area contributed by atoms with Crippen LogP contribution in [0.25, 0.3) is 10.8 Å². The Balaban J connectivity index is 1.52. The number of likely N-dealkylation sites (tertiary alicyclic amines) is 1. The molecule has 6 nitrogen and oxygen atoms in total. The lowest BCUT2D eigenvalue weighted by Gasteiger charge is -2.32. The minimum absolute atomic E-state index is 0.0611. The van der Waals surface area contributed by atoms with E-state index in [-0.39, 0.29) is 18.4 Å². The second kappa shape index (κ2) is 6.63. The summed E-state index contributed by atoms with van der Waals surface area (Å²) in [7, 11) is 0. The minimum atomic E-state index is -0.901. The summed E-state index contributed by atoms with van der Waals surface area (Å²) >= 11 is 1.52. The van der Waals surface area contributed by atoms with Crippen molar-refractivity contribution in [3.63, 3.8) is 0 Å². The third-order valence-electron chi connectivity index (χ3n) is 5.28. The number of oxazole rings is 1. The lowest BCUT2D eigenvalue weighted by Crippen LogP contribution is -2.46. The number of nitrogens with zero attached hydrogens (tertiary/aromatic N) is 2. The van der Waals surface area contributed by atoms with E-state index in [0.717, 1.165) is 30.6 Å². The van der Waals surface area contributed by atoms with Crippen molar-refractivity contribution in [2.45, 2.75) is 50.6 Å². The molecule has 2 aromatic heterocycles. The maximum Gasteiger partial charge on any atom is 0.326 e. The van der Waals surface area contributed by atoms with Crippen molar-refractivity contribution in [3.8, 4) is 10.8 Å². The summed E-state index contributed by atoms with van der Waals surface area (Å²) in [5, 5.41) is 11.5. The lowest BCUT2D eigenvalue weighted by atomic mass is 9.84. The Bertz CT molecular complexity index is 770. The van der Waals surface area contributed by atoms with Gasteiger partial charge in [0.1, 0.15) is 12.3 Å². The number of carbonyl (C=O) groups is 2. The Morgan fingerprint density at radius 1 is 1.36 bits per heavy atom. The Kier molecular flexibility index (Phi) is 4.33. The quantitative estimate of drug-likeness (QED) is 0.905. The maximum atomic E-state index is 12.9. The summed E-state index contributed by atoms with van der Waals surface area (Å²) in [5.41, 5.74) is 0.553. The number of amides is 1. The third-order valence-corrected chi connectivity index (χ3v) is 6.13. The van der Waals surface area contributed by atoms with E-state index in [1.165, 1.54) is 17.6 Å². The van der Waals surface area contributed by atoms with E-state index < -0.39 is 12.0 Å². The van der Waals surface area contributed by atoms with Gasteiger partial charge in [0, 0.05) is 6.04 Å². The van der Waals surface area contributed by atoms with Crippen LogP contribution in [0.1, 0.15) is 37.8 Å². The SMILES string of the molecule is O=C(O)[C@@H]1C[C@@H]2CCCC[C@H]2N1C(=O)Cc1coc(-c2cccs2)n1. The number of carboxylic acid groups (broad SMARTS) is 1. The van der Waals surface area contributed by atoms with Gasteiger partial charge in [0.25, 0.3) is 0 Å². The Morgan fingerprint density at radius 2 is 2.20 bits per heavy atom. The van der Waals surface area contributed by atoms with Gasteiger partial charge in [0.05, 0.1) is 17.0 Å². The largest absolute Gasteiger partial charge is 0.480 e. The van der Waals surface area contributed by atoms with Gasteiger partial charge >= 0.3 is 5.97 Å². The molecule has 3 heterocycles. The summed E-state index contributed by atoms with van der Waals surface area (Å²) in [6.45, 7) is 0. The first-order valence-corrected chi connectivity index (χ1v) is 9.53. The number of aromatic nitrogens is 1. The van der Waals surface area contributed by atoms with E-state index in [9.17, 15) is 14.7 Å². The highest BCUT2D eigenvalue weighted by Gasteiger charge is 2.47. The average molecular weight is 360 g/mol. The fraction of sp³-hybridized carbons (Fsp3) is 0.500. The molecule has 4 rings (SSSR count). The molecular weight excluding hydrogens is 340 g/mol. The zero-order valence-electron chi connectivity index (χ0n) is 13.8. The van der Waals surface area contributed by atoms with E-state index in [0.29, 0.717) is 23.9 Å².